The average molecular weight is 296 g/mol. The van der Waals surface area contributed by atoms with E-state index in [1.54, 1.807) is 0 Å². The molecule has 0 aliphatic rings. The topological polar surface area (TPSA) is 9.23 Å². The van der Waals surface area contributed by atoms with Crippen LogP contribution in [0.1, 0.15) is 32.3 Å². The molecule has 0 spiro atoms. The van der Waals surface area contributed by atoms with E-state index >= 15 is 0 Å². The molecular formula is C13H17Cl3O. The number of hydrogen-bond acceptors (Lipinski definition) is 1. The van der Waals surface area contributed by atoms with Crippen LogP contribution in [0.5, 0.6) is 0 Å². The number of ether oxygens (including phenoxy) is 1. The van der Waals surface area contributed by atoms with Gasteiger partial charge in [0.05, 0.1) is 12.2 Å². The molecule has 1 nitrogen and oxygen atoms in total. The van der Waals surface area contributed by atoms with Gasteiger partial charge in [-0.1, -0.05) is 65.1 Å². The van der Waals surface area contributed by atoms with Gasteiger partial charge in [0, 0.05) is 0 Å². The number of halogens is 3. The quantitative estimate of drug-likeness (QED) is 0.684. The molecule has 0 atom stereocenters. The molecule has 0 N–H and O–H groups in total. The predicted molar refractivity (Wildman–Crippen MR) is 74.8 cm³/mol. The standard InChI is InChI=1S/C13H17Cl3O/c1-12(2,8-9-13(14,15)16)17-10-11-6-4-3-5-7-11/h3-7H,8-10H2,1-2H3. The molecule has 17 heavy (non-hydrogen) atoms. The van der Waals surface area contributed by atoms with Gasteiger partial charge in [0.25, 0.3) is 0 Å². The Labute approximate surface area is 118 Å². The van der Waals surface area contributed by atoms with E-state index in [-0.39, 0.29) is 5.60 Å². The van der Waals surface area contributed by atoms with Crippen LogP contribution in [0.25, 0.3) is 0 Å². The van der Waals surface area contributed by atoms with E-state index in [0.29, 0.717) is 19.4 Å². The first kappa shape index (κ1) is 15.1. The molecule has 0 saturated heterocycles. The summed E-state index contributed by atoms with van der Waals surface area (Å²) >= 11 is 17.2. The second kappa shape index (κ2) is 6.29. The van der Waals surface area contributed by atoms with Crippen molar-refractivity contribution < 1.29 is 4.74 Å². The van der Waals surface area contributed by atoms with E-state index < -0.39 is 3.79 Å². The smallest absolute Gasteiger partial charge is 0.190 e. The van der Waals surface area contributed by atoms with Gasteiger partial charge in [-0.2, -0.15) is 0 Å². The summed E-state index contributed by atoms with van der Waals surface area (Å²) in [5.41, 5.74) is 0.856. The Bertz CT molecular complexity index is 330. The highest BCUT2D eigenvalue weighted by Gasteiger charge is 2.26. The molecule has 1 aromatic rings. The first-order valence-corrected chi connectivity index (χ1v) is 6.66. The molecule has 0 unspecified atom stereocenters. The summed E-state index contributed by atoms with van der Waals surface area (Å²) < 4.78 is 4.63. The van der Waals surface area contributed by atoms with Crippen LogP contribution < -0.4 is 0 Å². The molecule has 1 aromatic carbocycles. The summed E-state index contributed by atoms with van der Waals surface area (Å²) in [7, 11) is 0. The average Bonchev–Trinajstić information content (AvgIpc) is 2.25. The maximum Gasteiger partial charge on any atom is 0.190 e. The SMILES string of the molecule is CC(C)(CCC(Cl)(Cl)Cl)OCc1ccccc1. The Hall–Kier alpha value is 0.0500. The van der Waals surface area contributed by atoms with Gasteiger partial charge in [0.15, 0.2) is 3.79 Å². The van der Waals surface area contributed by atoms with Crippen LogP contribution in [0.2, 0.25) is 0 Å². The fourth-order valence-electron chi connectivity index (χ4n) is 1.37. The van der Waals surface area contributed by atoms with Gasteiger partial charge in [-0.15, -0.1) is 0 Å². The minimum Gasteiger partial charge on any atom is -0.371 e. The third kappa shape index (κ3) is 7.15. The monoisotopic (exact) mass is 294 g/mol. The van der Waals surface area contributed by atoms with Crippen molar-refractivity contribution in [2.24, 2.45) is 0 Å². The van der Waals surface area contributed by atoms with Crippen LogP contribution in [-0.4, -0.2) is 9.39 Å². The molecule has 0 aromatic heterocycles. The molecule has 0 heterocycles. The van der Waals surface area contributed by atoms with E-state index in [2.05, 4.69) is 0 Å². The van der Waals surface area contributed by atoms with Crippen molar-refractivity contribution in [3.8, 4) is 0 Å². The zero-order chi connectivity index (χ0) is 12.9. The highest BCUT2D eigenvalue weighted by atomic mass is 35.6. The van der Waals surface area contributed by atoms with Crippen molar-refractivity contribution in [2.75, 3.05) is 0 Å². The summed E-state index contributed by atoms with van der Waals surface area (Å²) in [6, 6.07) is 10.0. The van der Waals surface area contributed by atoms with Gasteiger partial charge < -0.3 is 4.74 Å². The lowest BCUT2D eigenvalue weighted by Gasteiger charge is -2.27. The number of alkyl halides is 3. The van der Waals surface area contributed by atoms with E-state index in [4.69, 9.17) is 39.5 Å². The van der Waals surface area contributed by atoms with Gasteiger partial charge in [0.1, 0.15) is 0 Å². The Morgan fingerprint density at radius 3 is 2.12 bits per heavy atom. The van der Waals surface area contributed by atoms with Crippen LogP contribution >= 0.6 is 34.8 Å². The maximum absolute atomic E-state index is 5.84. The third-order valence-corrected chi connectivity index (χ3v) is 3.05. The lowest BCUT2D eigenvalue weighted by Crippen LogP contribution is -2.26. The summed E-state index contributed by atoms with van der Waals surface area (Å²) in [5, 5.41) is 0. The van der Waals surface area contributed by atoms with E-state index in [9.17, 15) is 0 Å². The van der Waals surface area contributed by atoms with Crippen molar-refractivity contribution in [3.05, 3.63) is 35.9 Å². The number of rotatable bonds is 5. The molecule has 0 radical (unpaired) electrons. The zero-order valence-electron chi connectivity index (χ0n) is 10.1. The van der Waals surface area contributed by atoms with Crippen LogP contribution in [0.4, 0.5) is 0 Å². The lowest BCUT2D eigenvalue weighted by atomic mass is 10.0. The van der Waals surface area contributed by atoms with Crippen LogP contribution in [0, 0.1) is 0 Å². The Morgan fingerprint density at radius 2 is 1.59 bits per heavy atom. The molecule has 0 amide bonds. The van der Waals surface area contributed by atoms with Gasteiger partial charge in [0.2, 0.25) is 0 Å². The molecule has 0 bridgehead atoms. The molecule has 96 valence electrons. The molecule has 0 aliphatic heterocycles. The van der Waals surface area contributed by atoms with Crippen LogP contribution in [0.15, 0.2) is 30.3 Å². The third-order valence-electron chi connectivity index (χ3n) is 2.48. The summed E-state index contributed by atoms with van der Waals surface area (Å²) in [5.74, 6) is 0. The Kier molecular flexibility index (Phi) is 5.59. The maximum atomic E-state index is 5.84. The van der Waals surface area contributed by atoms with Crippen molar-refractivity contribution >= 4 is 34.8 Å². The molecule has 0 saturated carbocycles. The minimum absolute atomic E-state index is 0.292. The van der Waals surface area contributed by atoms with Crippen molar-refractivity contribution in [1.82, 2.24) is 0 Å². The molecular weight excluding hydrogens is 279 g/mol. The van der Waals surface area contributed by atoms with Crippen LogP contribution in [0.3, 0.4) is 0 Å². The van der Waals surface area contributed by atoms with Gasteiger partial charge in [-0.3, -0.25) is 0 Å². The first-order chi connectivity index (χ1) is 7.79. The highest BCUT2D eigenvalue weighted by Crippen LogP contribution is 2.34. The Morgan fingerprint density at radius 1 is 1.00 bits per heavy atom. The van der Waals surface area contributed by atoms with Gasteiger partial charge in [-0.05, 0) is 32.3 Å². The molecule has 4 heteroatoms. The summed E-state index contributed by atoms with van der Waals surface area (Å²) in [6.07, 6.45) is 1.19. The fourth-order valence-corrected chi connectivity index (χ4v) is 1.65. The zero-order valence-corrected chi connectivity index (χ0v) is 12.3. The van der Waals surface area contributed by atoms with Crippen molar-refractivity contribution in [1.29, 1.82) is 0 Å². The van der Waals surface area contributed by atoms with E-state index in [1.807, 2.05) is 44.2 Å². The van der Waals surface area contributed by atoms with Crippen molar-refractivity contribution in [2.45, 2.75) is 42.7 Å². The largest absolute Gasteiger partial charge is 0.371 e. The van der Waals surface area contributed by atoms with Crippen molar-refractivity contribution in [3.63, 3.8) is 0 Å². The summed E-state index contributed by atoms with van der Waals surface area (Å²) in [6.45, 7) is 4.59. The van der Waals surface area contributed by atoms with Crippen LogP contribution in [-0.2, 0) is 11.3 Å². The second-order valence-electron chi connectivity index (χ2n) is 4.65. The Balaban J connectivity index is 2.39. The van der Waals surface area contributed by atoms with Gasteiger partial charge in [-0.25, -0.2) is 0 Å². The lowest BCUT2D eigenvalue weighted by molar-refractivity contribution is -0.0359. The molecule has 0 fully saturated rings. The first-order valence-electron chi connectivity index (χ1n) is 5.53. The van der Waals surface area contributed by atoms with E-state index in [1.165, 1.54) is 0 Å². The predicted octanol–water partition coefficient (Wildman–Crippen LogP) is 5.13. The van der Waals surface area contributed by atoms with Gasteiger partial charge >= 0.3 is 0 Å². The number of hydrogen-bond donors (Lipinski definition) is 0. The summed E-state index contributed by atoms with van der Waals surface area (Å²) in [4.78, 5) is 0. The molecule has 1 rings (SSSR count). The van der Waals surface area contributed by atoms with E-state index in [0.717, 1.165) is 5.56 Å². The minimum atomic E-state index is -1.20. The second-order valence-corrected chi connectivity index (χ2v) is 7.17. The molecule has 0 aliphatic carbocycles. The fraction of sp³-hybridized carbons (Fsp3) is 0.538. The number of benzene rings is 1. The highest BCUT2D eigenvalue weighted by molar-refractivity contribution is 6.67. The normalized spacial score (nSPS) is 12.8.